The first-order chi connectivity index (χ1) is 8.22. The van der Waals surface area contributed by atoms with E-state index in [1.54, 1.807) is 0 Å². The van der Waals surface area contributed by atoms with Gasteiger partial charge in [-0.05, 0) is 24.8 Å². The molecule has 4 atom stereocenters. The Kier molecular flexibility index (Phi) is 3.54. The number of hydrogen-bond acceptors (Lipinski definition) is 4. The van der Waals surface area contributed by atoms with E-state index in [1.807, 2.05) is 0 Å². The molecule has 0 aromatic heterocycles. The Hall–Kier alpha value is -1.26. The highest BCUT2D eigenvalue weighted by Crippen LogP contribution is 2.39. The van der Waals surface area contributed by atoms with Crippen molar-refractivity contribution >= 4 is 5.71 Å². The third kappa shape index (κ3) is 1.98. The van der Waals surface area contributed by atoms with Crippen LogP contribution in [0.1, 0.15) is 33.1 Å². The quantitative estimate of drug-likeness (QED) is 0.462. The topological polar surface area (TPSA) is 90.6 Å². The van der Waals surface area contributed by atoms with Gasteiger partial charge in [-0.3, -0.25) is 0 Å². The van der Waals surface area contributed by atoms with Crippen molar-refractivity contribution in [2.24, 2.45) is 22.1 Å². The number of oxime groups is 1. The first-order valence-corrected chi connectivity index (χ1v) is 6.18. The maximum absolute atomic E-state index is 9.97. The van der Waals surface area contributed by atoms with E-state index in [9.17, 15) is 5.11 Å². The molecule has 1 N–H and O–H groups in total. The second kappa shape index (κ2) is 4.94. The van der Waals surface area contributed by atoms with Crippen LogP contribution in [0, 0.1) is 11.8 Å². The molecule has 0 aromatic carbocycles. The first-order valence-electron chi connectivity index (χ1n) is 6.18. The van der Waals surface area contributed by atoms with Crippen molar-refractivity contribution in [3.05, 3.63) is 10.4 Å². The van der Waals surface area contributed by atoms with E-state index in [-0.39, 0.29) is 18.1 Å². The molecule has 2 aliphatic rings. The van der Waals surface area contributed by atoms with Crippen LogP contribution in [0.3, 0.4) is 0 Å². The molecule has 1 aliphatic heterocycles. The van der Waals surface area contributed by atoms with Crippen LogP contribution in [0.15, 0.2) is 10.3 Å². The van der Waals surface area contributed by atoms with Crippen molar-refractivity contribution in [3.8, 4) is 0 Å². The summed E-state index contributed by atoms with van der Waals surface area (Å²) in [7, 11) is 0. The molecule has 2 rings (SSSR count). The summed E-state index contributed by atoms with van der Waals surface area (Å²) in [4.78, 5) is 8.09. The zero-order chi connectivity index (χ0) is 12.4. The van der Waals surface area contributed by atoms with Gasteiger partial charge in [-0.15, -0.1) is 0 Å². The summed E-state index contributed by atoms with van der Waals surface area (Å²) < 4.78 is 0. The summed E-state index contributed by atoms with van der Waals surface area (Å²) in [5.41, 5.74) is 9.49. The monoisotopic (exact) mass is 238 g/mol. The molecular weight excluding hydrogens is 220 g/mol. The Labute approximate surface area is 100 Å². The summed E-state index contributed by atoms with van der Waals surface area (Å²) >= 11 is 0. The number of nitrogens with zero attached hydrogens (tertiary/aromatic N) is 4. The Morgan fingerprint density at radius 3 is 2.88 bits per heavy atom. The van der Waals surface area contributed by atoms with Gasteiger partial charge in [-0.25, -0.2) is 0 Å². The summed E-state index contributed by atoms with van der Waals surface area (Å²) in [6.07, 6.45) is 1.63. The third-order valence-electron chi connectivity index (χ3n) is 3.89. The van der Waals surface area contributed by atoms with Crippen molar-refractivity contribution in [2.75, 3.05) is 0 Å². The van der Waals surface area contributed by atoms with E-state index in [2.05, 4.69) is 29.0 Å². The lowest BCUT2D eigenvalue weighted by atomic mass is 9.86. The molecule has 0 bridgehead atoms. The SMILES string of the molecule is CCC(CC)C1=NO[C@@H]2[C@@H](O)[C@H](N=[N+]=[N-])C[C@H]12. The number of rotatable bonds is 4. The lowest BCUT2D eigenvalue weighted by Gasteiger charge is -2.16. The molecule has 1 fully saturated rings. The van der Waals surface area contributed by atoms with Crippen LogP contribution in [-0.2, 0) is 4.84 Å². The van der Waals surface area contributed by atoms with E-state index in [4.69, 9.17) is 10.4 Å². The van der Waals surface area contributed by atoms with Crippen LogP contribution < -0.4 is 0 Å². The minimum absolute atomic E-state index is 0.116. The highest BCUT2D eigenvalue weighted by molar-refractivity contribution is 5.90. The number of aliphatic hydroxyl groups excluding tert-OH is 1. The fourth-order valence-corrected chi connectivity index (χ4v) is 2.87. The zero-order valence-corrected chi connectivity index (χ0v) is 10.2. The molecule has 6 nitrogen and oxygen atoms in total. The third-order valence-corrected chi connectivity index (χ3v) is 3.89. The van der Waals surface area contributed by atoms with Gasteiger partial charge in [0.2, 0.25) is 0 Å². The Morgan fingerprint density at radius 1 is 1.59 bits per heavy atom. The molecule has 6 heteroatoms. The normalized spacial score (nSPS) is 35.2. The van der Waals surface area contributed by atoms with Crippen molar-refractivity contribution in [1.29, 1.82) is 0 Å². The minimum Gasteiger partial charge on any atom is -0.389 e. The van der Waals surface area contributed by atoms with Gasteiger partial charge in [0, 0.05) is 16.7 Å². The van der Waals surface area contributed by atoms with Gasteiger partial charge in [-0.1, -0.05) is 24.1 Å². The van der Waals surface area contributed by atoms with Gasteiger partial charge < -0.3 is 9.94 Å². The molecule has 0 amide bonds. The van der Waals surface area contributed by atoms with Crippen LogP contribution in [0.5, 0.6) is 0 Å². The maximum Gasteiger partial charge on any atom is 0.161 e. The molecule has 0 unspecified atom stereocenters. The van der Waals surface area contributed by atoms with Crippen molar-refractivity contribution in [3.63, 3.8) is 0 Å². The van der Waals surface area contributed by atoms with E-state index in [1.165, 1.54) is 0 Å². The molecule has 1 heterocycles. The lowest BCUT2D eigenvalue weighted by Crippen LogP contribution is -2.31. The summed E-state index contributed by atoms with van der Waals surface area (Å²) in [6.45, 7) is 4.25. The summed E-state index contributed by atoms with van der Waals surface area (Å²) in [5.74, 6) is 0.521. The molecule has 0 spiro atoms. The second-order valence-electron chi connectivity index (χ2n) is 4.70. The van der Waals surface area contributed by atoms with Gasteiger partial charge in [0.15, 0.2) is 6.10 Å². The van der Waals surface area contributed by atoms with Crippen LogP contribution >= 0.6 is 0 Å². The lowest BCUT2D eigenvalue weighted by molar-refractivity contribution is -0.0148. The first kappa shape index (κ1) is 12.2. The van der Waals surface area contributed by atoms with Gasteiger partial charge in [0.05, 0.1) is 11.8 Å². The van der Waals surface area contributed by atoms with E-state index in [0.29, 0.717) is 12.3 Å². The predicted molar refractivity (Wildman–Crippen MR) is 63.4 cm³/mol. The Bertz CT molecular complexity index is 360. The van der Waals surface area contributed by atoms with E-state index >= 15 is 0 Å². The van der Waals surface area contributed by atoms with Crippen molar-refractivity contribution in [2.45, 2.75) is 51.4 Å². The largest absolute Gasteiger partial charge is 0.389 e. The van der Waals surface area contributed by atoms with Gasteiger partial charge in [0.1, 0.15) is 6.10 Å². The molecule has 94 valence electrons. The second-order valence-corrected chi connectivity index (χ2v) is 4.70. The van der Waals surface area contributed by atoms with E-state index < -0.39 is 6.10 Å². The molecule has 1 aliphatic carbocycles. The molecule has 0 aromatic rings. The maximum atomic E-state index is 9.97. The Morgan fingerprint density at radius 2 is 2.29 bits per heavy atom. The molecule has 0 saturated heterocycles. The minimum atomic E-state index is -0.730. The van der Waals surface area contributed by atoms with Crippen LogP contribution in [0.4, 0.5) is 0 Å². The highest BCUT2D eigenvalue weighted by Gasteiger charge is 2.50. The van der Waals surface area contributed by atoms with Gasteiger partial charge in [0.25, 0.3) is 0 Å². The number of hydrogen-bond donors (Lipinski definition) is 1. The van der Waals surface area contributed by atoms with Crippen LogP contribution in [0.25, 0.3) is 10.4 Å². The molecular formula is C11H18N4O2. The number of aliphatic hydroxyl groups is 1. The van der Waals surface area contributed by atoms with Gasteiger partial charge >= 0.3 is 0 Å². The fraction of sp³-hybridized carbons (Fsp3) is 0.909. The summed E-state index contributed by atoms with van der Waals surface area (Å²) in [6, 6.07) is -0.380. The molecule has 0 radical (unpaired) electrons. The smallest absolute Gasteiger partial charge is 0.161 e. The number of azide groups is 1. The summed E-state index contributed by atoms with van der Waals surface area (Å²) in [5, 5.41) is 17.7. The number of fused-ring (bicyclic) bond motifs is 1. The molecule has 1 saturated carbocycles. The van der Waals surface area contributed by atoms with E-state index in [0.717, 1.165) is 18.6 Å². The Balaban J connectivity index is 2.14. The average molecular weight is 238 g/mol. The van der Waals surface area contributed by atoms with Crippen molar-refractivity contribution < 1.29 is 9.94 Å². The van der Waals surface area contributed by atoms with Gasteiger partial charge in [-0.2, -0.15) is 0 Å². The zero-order valence-electron chi connectivity index (χ0n) is 10.2. The standard InChI is InChI=1S/C11H18N4O2/c1-3-6(4-2)9-7-5-8(13-15-12)10(16)11(7)17-14-9/h6-8,10-11,16H,3-5H2,1-2H3/t7-,8-,10+,11+/m1/s1. The van der Waals surface area contributed by atoms with Crippen molar-refractivity contribution in [1.82, 2.24) is 0 Å². The predicted octanol–water partition coefficient (Wildman–Crippen LogP) is 2.24. The molecule has 17 heavy (non-hydrogen) atoms. The highest BCUT2D eigenvalue weighted by atomic mass is 16.7. The van der Waals surface area contributed by atoms with Crippen LogP contribution in [0.2, 0.25) is 0 Å². The fourth-order valence-electron chi connectivity index (χ4n) is 2.87. The average Bonchev–Trinajstić information content (AvgIpc) is 2.85. The van der Waals surface area contributed by atoms with Crippen LogP contribution in [-0.4, -0.2) is 29.1 Å².